The first-order valence-electron chi connectivity index (χ1n) is 16.1. The van der Waals surface area contributed by atoms with Crippen LogP contribution < -0.4 is 4.90 Å². The Morgan fingerprint density at radius 1 is 0.939 bits per heavy atom. The number of carboxylic acid groups (broad SMARTS) is 1. The van der Waals surface area contributed by atoms with Gasteiger partial charge in [0.1, 0.15) is 0 Å². The molecule has 0 radical (unpaired) electrons. The molecule has 49 heavy (non-hydrogen) atoms. The molecule has 0 spiro atoms. The molecule has 16 heteroatoms. The highest BCUT2D eigenvalue weighted by atomic mass is 19.4. The lowest BCUT2D eigenvalue weighted by atomic mass is 9.81. The van der Waals surface area contributed by atoms with E-state index in [2.05, 4.69) is 15.1 Å². The van der Waals surface area contributed by atoms with Crippen LogP contribution in [0.2, 0.25) is 0 Å². The maximum absolute atomic E-state index is 13.7. The van der Waals surface area contributed by atoms with Gasteiger partial charge < -0.3 is 19.6 Å². The molecule has 2 aromatic heterocycles. The van der Waals surface area contributed by atoms with Gasteiger partial charge in [0, 0.05) is 62.3 Å². The lowest BCUT2D eigenvalue weighted by molar-refractivity contribution is -0.143. The number of likely N-dealkylation sites (tertiary alicyclic amines) is 1. The van der Waals surface area contributed by atoms with Crippen molar-refractivity contribution >= 4 is 18.0 Å². The van der Waals surface area contributed by atoms with E-state index in [4.69, 9.17) is 9.84 Å². The van der Waals surface area contributed by atoms with Crippen LogP contribution in [0.3, 0.4) is 0 Å². The number of amides is 1. The fourth-order valence-electron chi connectivity index (χ4n) is 6.71. The standard InChI is InChI=1S/C33H38F6N6O4/c1-3-27-12-28(18-45(27)31(48)49-19-21-6-4-20(5-7-21)10-29(46)47)44(30-40-13-23(14-41-30)24-15-42-43(2)17-24)16-22-8-25(32(34,35)36)11-26(9-22)33(37,38)39/h8-9,11,13-15,17,20-21,27-28H,3-7,10,12,16,18-19H2,1-2H3,(H,46,47)/t20?,21?,27-,28+/m1/s1. The van der Waals surface area contributed by atoms with E-state index in [9.17, 15) is 35.9 Å². The molecular weight excluding hydrogens is 658 g/mol. The van der Waals surface area contributed by atoms with E-state index in [1.165, 1.54) is 12.4 Å². The first kappa shape index (κ1) is 35.9. The van der Waals surface area contributed by atoms with Gasteiger partial charge in [-0.3, -0.25) is 9.48 Å². The van der Waals surface area contributed by atoms with Gasteiger partial charge in [-0.05, 0) is 74.1 Å². The number of alkyl halides is 6. The van der Waals surface area contributed by atoms with Crippen molar-refractivity contribution < 1.29 is 45.8 Å². The van der Waals surface area contributed by atoms with Crippen LogP contribution in [0.5, 0.6) is 0 Å². The Bertz CT molecular complexity index is 1570. The number of hydrogen-bond donors (Lipinski definition) is 1. The van der Waals surface area contributed by atoms with Gasteiger partial charge in [-0.25, -0.2) is 14.8 Å². The van der Waals surface area contributed by atoms with Crippen LogP contribution >= 0.6 is 0 Å². The Morgan fingerprint density at radius 2 is 1.55 bits per heavy atom. The van der Waals surface area contributed by atoms with E-state index in [-0.39, 0.29) is 61.6 Å². The summed E-state index contributed by atoms with van der Waals surface area (Å²) in [4.78, 5) is 36.4. The van der Waals surface area contributed by atoms with Crippen LogP contribution in [-0.2, 0) is 35.5 Å². The molecule has 1 aliphatic carbocycles. The molecular formula is C33H38F6N6O4. The zero-order chi connectivity index (χ0) is 35.5. The van der Waals surface area contributed by atoms with E-state index in [1.807, 2.05) is 6.92 Å². The number of rotatable bonds is 10. The molecule has 3 heterocycles. The number of carbonyl (C=O) groups excluding carboxylic acids is 1. The molecule has 2 fully saturated rings. The molecule has 266 valence electrons. The van der Waals surface area contributed by atoms with Crippen molar-refractivity contribution in [3.05, 3.63) is 59.7 Å². The molecule has 5 rings (SSSR count). The average Bonchev–Trinajstić information content (AvgIpc) is 3.68. The maximum Gasteiger partial charge on any atom is 0.416 e. The summed E-state index contributed by atoms with van der Waals surface area (Å²) >= 11 is 0. The fourth-order valence-corrected chi connectivity index (χ4v) is 6.71. The second-order valence-corrected chi connectivity index (χ2v) is 12.9. The highest BCUT2D eigenvalue weighted by Gasteiger charge is 2.41. The Kier molecular flexibility index (Phi) is 10.7. The third-order valence-electron chi connectivity index (χ3n) is 9.34. The number of ether oxygens (including phenoxy) is 1. The first-order valence-corrected chi connectivity index (χ1v) is 16.1. The second-order valence-electron chi connectivity index (χ2n) is 12.9. The van der Waals surface area contributed by atoms with Crippen LogP contribution in [0.4, 0.5) is 37.1 Å². The third kappa shape index (κ3) is 9.01. The summed E-state index contributed by atoms with van der Waals surface area (Å²) in [5.74, 6) is -0.558. The molecule has 10 nitrogen and oxygen atoms in total. The summed E-state index contributed by atoms with van der Waals surface area (Å²) in [5.41, 5.74) is -1.77. The normalized spacial score (nSPS) is 21.5. The highest BCUT2D eigenvalue weighted by Crippen LogP contribution is 2.38. The van der Waals surface area contributed by atoms with Crippen LogP contribution in [0.15, 0.2) is 43.0 Å². The molecule has 1 amide bonds. The van der Waals surface area contributed by atoms with Crippen LogP contribution in [0, 0.1) is 11.8 Å². The van der Waals surface area contributed by atoms with Gasteiger partial charge in [-0.15, -0.1) is 0 Å². The molecule has 1 N–H and O–H groups in total. The van der Waals surface area contributed by atoms with Crippen molar-refractivity contribution in [1.82, 2.24) is 24.6 Å². The lowest BCUT2D eigenvalue weighted by Crippen LogP contribution is -2.41. The fraction of sp³-hybridized carbons (Fsp3) is 0.545. The summed E-state index contributed by atoms with van der Waals surface area (Å²) in [6.45, 7) is 1.75. The van der Waals surface area contributed by atoms with Gasteiger partial charge in [0.25, 0.3) is 0 Å². The lowest BCUT2D eigenvalue weighted by Gasteiger charge is -2.30. The summed E-state index contributed by atoms with van der Waals surface area (Å²) in [6, 6.07) is 0.600. The highest BCUT2D eigenvalue weighted by molar-refractivity contribution is 5.69. The molecule has 0 bridgehead atoms. The largest absolute Gasteiger partial charge is 0.481 e. The maximum atomic E-state index is 13.7. The van der Waals surface area contributed by atoms with Crippen molar-refractivity contribution in [2.24, 2.45) is 18.9 Å². The number of aromatic nitrogens is 4. The van der Waals surface area contributed by atoms with Gasteiger partial charge in [0.15, 0.2) is 0 Å². The smallest absolute Gasteiger partial charge is 0.416 e. The summed E-state index contributed by atoms with van der Waals surface area (Å²) in [5, 5.41) is 13.2. The number of carboxylic acids is 1. The first-order chi connectivity index (χ1) is 23.1. The Balaban J connectivity index is 1.38. The van der Waals surface area contributed by atoms with Crippen molar-refractivity contribution in [2.45, 2.75) is 82.9 Å². The number of hydrogen-bond acceptors (Lipinski definition) is 7. The van der Waals surface area contributed by atoms with Crippen molar-refractivity contribution in [2.75, 3.05) is 18.1 Å². The van der Waals surface area contributed by atoms with Gasteiger partial charge >= 0.3 is 24.4 Å². The predicted octanol–water partition coefficient (Wildman–Crippen LogP) is 7.19. The number of halogens is 6. The van der Waals surface area contributed by atoms with Crippen LogP contribution in [-0.4, -0.2) is 67.1 Å². The Hall–Kier alpha value is -4.37. The van der Waals surface area contributed by atoms with Gasteiger partial charge in [0.05, 0.1) is 30.0 Å². The van der Waals surface area contributed by atoms with E-state index in [0.29, 0.717) is 36.1 Å². The summed E-state index contributed by atoms with van der Waals surface area (Å²) in [7, 11) is 1.73. The molecule has 3 aromatic rings. The van der Waals surface area contributed by atoms with Gasteiger partial charge in [0.2, 0.25) is 5.95 Å². The molecule has 2 atom stereocenters. The monoisotopic (exact) mass is 696 g/mol. The Labute approximate surface area is 279 Å². The van der Waals surface area contributed by atoms with E-state index >= 15 is 0 Å². The Morgan fingerprint density at radius 3 is 2.08 bits per heavy atom. The number of nitrogens with zero attached hydrogens (tertiary/aromatic N) is 6. The number of aryl methyl sites for hydroxylation is 1. The van der Waals surface area contributed by atoms with Crippen LogP contribution in [0.1, 0.15) is 68.6 Å². The molecule has 2 aliphatic rings. The second kappa shape index (κ2) is 14.6. The molecule has 1 aliphatic heterocycles. The van der Waals surface area contributed by atoms with E-state index < -0.39 is 41.6 Å². The third-order valence-corrected chi connectivity index (χ3v) is 9.34. The minimum absolute atomic E-state index is 0.0757. The SMILES string of the molecule is CC[C@@H]1C[C@H](N(Cc2cc(C(F)(F)F)cc(C(F)(F)F)c2)c2ncc(-c3cnn(C)c3)cn2)CN1C(=O)OCC1CCC(CC(=O)O)CC1. The zero-order valence-corrected chi connectivity index (χ0v) is 27.0. The van der Waals surface area contributed by atoms with Crippen LogP contribution in [0.25, 0.3) is 11.1 Å². The quantitative estimate of drug-likeness (QED) is 0.222. The number of benzene rings is 1. The number of anilines is 1. The molecule has 0 unspecified atom stereocenters. The zero-order valence-electron chi connectivity index (χ0n) is 27.0. The molecule has 1 aromatic carbocycles. The average molecular weight is 697 g/mol. The molecule has 1 saturated carbocycles. The van der Waals surface area contributed by atoms with E-state index in [0.717, 1.165) is 25.7 Å². The van der Waals surface area contributed by atoms with Crippen molar-refractivity contribution in [3.63, 3.8) is 0 Å². The number of carbonyl (C=O) groups is 2. The summed E-state index contributed by atoms with van der Waals surface area (Å²) in [6.07, 6.45) is -0.298. The minimum Gasteiger partial charge on any atom is -0.481 e. The number of aliphatic carboxylic acids is 1. The topological polar surface area (TPSA) is 114 Å². The van der Waals surface area contributed by atoms with Crippen molar-refractivity contribution in [3.8, 4) is 11.1 Å². The van der Waals surface area contributed by atoms with E-state index in [1.54, 1.807) is 33.9 Å². The summed E-state index contributed by atoms with van der Waals surface area (Å²) < 4.78 is 89.6. The predicted molar refractivity (Wildman–Crippen MR) is 165 cm³/mol. The van der Waals surface area contributed by atoms with Gasteiger partial charge in [-0.2, -0.15) is 31.4 Å². The molecule has 1 saturated heterocycles. The van der Waals surface area contributed by atoms with Gasteiger partial charge in [-0.1, -0.05) is 6.92 Å². The van der Waals surface area contributed by atoms with Crippen molar-refractivity contribution in [1.29, 1.82) is 0 Å². The minimum atomic E-state index is -5.01.